The number of hydrogen-bond donors (Lipinski definition) is 0. The minimum atomic E-state index is -3.09. The predicted molar refractivity (Wildman–Crippen MR) is 117 cm³/mol. The maximum atomic E-state index is 6.40. The molecule has 27 heavy (non-hydrogen) atoms. The van der Waals surface area contributed by atoms with E-state index < -0.39 is 15.9 Å². The molecule has 0 bridgehead atoms. The monoisotopic (exact) mass is 442 g/mol. The van der Waals surface area contributed by atoms with Crippen molar-refractivity contribution in [1.29, 1.82) is 0 Å². The van der Waals surface area contributed by atoms with E-state index in [1.807, 2.05) is 27.7 Å². The molecule has 0 saturated heterocycles. The summed E-state index contributed by atoms with van der Waals surface area (Å²) in [5, 5.41) is 0. The first kappa shape index (κ1) is 27.5. The van der Waals surface area contributed by atoms with Crippen LogP contribution in [0.5, 0.6) is 0 Å². The summed E-state index contributed by atoms with van der Waals surface area (Å²) in [5.41, 5.74) is 0. The van der Waals surface area contributed by atoms with E-state index in [1.54, 1.807) is 0 Å². The van der Waals surface area contributed by atoms with Crippen molar-refractivity contribution in [1.82, 2.24) is 0 Å². The van der Waals surface area contributed by atoms with Crippen LogP contribution in [0.25, 0.3) is 0 Å². The average molecular weight is 443 g/mol. The smallest absolute Gasteiger partial charge is 0.366 e. The van der Waals surface area contributed by atoms with Crippen molar-refractivity contribution in [2.45, 2.75) is 93.3 Å². The summed E-state index contributed by atoms with van der Waals surface area (Å²) in [7, 11) is -4.75. The molecule has 0 heterocycles. The second-order valence-corrected chi connectivity index (χ2v) is 15.5. The van der Waals surface area contributed by atoms with Crippen LogP contribution in [-0.4, -0.2) is 54.5 Å². The highest BCUT2D eigenvalue weighted by molar-refractivity contribution is 8.46. The standard InChI is InChI=1S/C18H42O6SSi2/c1-9-15-17(7)23-26(19-11-3,20-12-4)25-27(21-13-5,22-14-6)24-18(8)16-10-2/h17-18H,9-16H2,1-8H3. The quantitative estimate of drug-likeness (QED) is 0.272. The van der Waals surface area contributed by atoms with E-state index in [2.05, 4.69) is 27.7 Å². The van der Waals surface area contributed by atoms with Gasteiger partial charge in [0.2, 0.25) is 0 Å². The van der Waals surface area contributed by atoms with Gasteiger partial charge in [0.15, 0.2) is 0 Å². The zero-order valence-corrected chi connectivity index (χ0v) is 21.5. The van der Waals surface area contributed by atoms with Crippen LogP contribution in [-0.2, 0) is 26.6 Å². The van der Waals surface area contributed by atoms with Gasteiger partial charge in [0.1, 0.15) is 0 Å². The van der Waals surface area contributed by atoms with Gasteiger partial charge in [0.25, 0.3) is 0 Å². The lowest BCUT2D eigenvalue weighted by atomic mass is 10.2. The Labute approximate surface area is 173 Å². The van der Waals surface area contributed by atoms with E-state index >= 15 is 0 Å². The molecular formula is C18H42O6SSi2. The Morgan fingerprint density at radius 1 is 0.593 bits per heavy atom. The molecule has 0 amide bonds. The van der Waals surface area contributed by atoms with Crippen molar-refractivity contribution in [2.75, 3.05) is 26.4 Å². The molecule has 0 aliphatic rings. The number of rotatable bonds is 18. The SMILES string of the molecule is CCCC(C)O[Si](OCC)(OCC)S[Si](OCC)(OCC)OC(C)CCC. The zero-order chi connectivity index (χ0) is 20.8. The number of hydrogen-bond acceptors (Lipinski definition) is 7. The fourth-order valence-corrected chi connectivity index (χ4v) is 16.4. The molecule has 0 rings (SSSR count). The summed E-state index contributed by atoms with van der Waals surface area (Å²) in [4.78, 5) is 0. The Kier molecular flexibility index (Phi) is 15.7. The summed E-state index contributed by atoms with van der Waals surface area (Å²) in [6.45, 7) is 18.3. The van der Waals surface area contributed by atoms with Gasteiger partial charge in [-0.3, -0.25) is 0 Å². The molecule has 2 unspecified atom stereocenters. The third-order valence-corrected chi connectivity index (χ3v) is 16.1. The Bertz CT molecular complexity index is 321. The van der Waals surface area contributed by atoms with Gasteiger partial charge in [0.05, 0.1) is 0 Å². The maximum absolute atomic E-state index is 6.40. The molecule has 0 radical (unpaired) electrons. The molecule has 0 fully saturated rings. The third kappa shape index (κ3) is 10.8. The van der Waals surface area contributed by atoms with E-state index in [0.717, 1.165) is 25.7 Å². The van der Waals surface area contributed by atoms with Crippen LogP contribution in [0.15, 0.2) is 0 Å². The lowest BCUT2D eigenvalue weighted by Crippen LogP contribution is -2.56. The van der Waals surface area contributed by atoms with E-state index in [4.69, 9.17) is 26.6 Å². The van der Waals surface area contributed by atoms with Gasteiger partial charge < -0.3 is 26.6 Å². The molecule has 0 saturated carbocycles. The van der Waals surface area contributed by atoms with Crippen LogP contribution in [0, 0.1) is 0 Å². The van der Waals surface area contributed by atoms with Crippen LogP contribution in [0.1, 0.15) is 81.1 Å². The van der Waals surface area contributed by atoms with Gasteiger partial charge in [-0.25, -0.2) is 0 Å². The van der Waals surface area contributed by atoms with Crippen LogP contribution >= 0.6 is 10.7 Å². The molecule has 2 atom stereocenters. The van der Waals surface area contributed by atoms with Gasteiger partial charge >= 0.3 is 15.9 Å². The Morgan fingerprint density at radius 3 is 1.11 bits per heavy atom. The molecule has 0 N–H and O–H groups in total. The van der Waals surface area contributed by atoms with Gasteiger partial charge in [-0.1, -0.05) is 26.7 Å². The molecule has 0 aliphatic carbocycles. The Balaban J connectivity index is 5.74. The summed E-state index contributed by atoms with van der Waals surface area (Å²) >= 11 is 0. The molecule has 0 spiro atoms. The fraction of sp³-hybridized carbons (Fsp3) is 1.00. The molecule has 164 valence electrons. The van der Waals surface area contributed by atoms with Crippen LogP contribution in [0.3, 0.4) is 0 Å². The predicted octanol–water partition coefficient (Wildman–Crippen LogP) is 5.15. The van der Waals surface area contributed by atoms with E-state index in [9.17, 15) is 0 Å². The molecule has 6 nitrogen and oxygen atoms in total. The topological polar surface area (TPSA) is 55.4 Å². The van der Waals surface area contributed by atoms with E-state index in [1.165, 1.54) is 10.7 Å². The average Bonchev–Trinajstić information content (AvgIpc) is 2.55. The highest BCUT2D eigenvalue weighted by Crippen LogP contribution is 2.38. The largest absolute Gasteiger partial charge is 0.574 e. The second-order valence-electron chi connectivity index (χ2n) is 6.27. The van der Waals surface area contributed by atoms with Crippen molar-refractivity contribution in [2.24, 2.45) is 0 Å². The van der Waals surface area contributed by atoms with Crippen LogP contribution in [0.4, 0.5) is 0 Å². The van der Waals surface area contributed by atoms with Crippen molar-refractivity contribution in [3.63, 3.8) is 0 Å². The van der Waals surface area contributed by atoms with E-state index in [0.29, 0.717) is 26.4 Å². The Hall–Kier alpha value is 0.544. The molecule has 9 heteroatoms. The lowest BCUT2D eigenvalue weighted by Gasteiger charge is -2.37. The minimum absolute atomic E-state index is 0.0373. The summed E-state index contributed by atoms with van der Waals surface area (Å²) in [6.07, 6.45) is 4.04. The first-order valence-corrected chi connectivity index (χ1v) is 16.2. The minimum Gasteiger partial charge on any atom is -0.366 e. The van der Waals surface area contributed by atoms with E-state index in [-0.39, 0.29) is 12.2 Å². The van der Waals surface area contributed by atoms with Gasteiger partial charge in [-0.15, -0.1) is 0 Å². The normalized spacial score (nSPS) is 15.1. The Morgan fingerprint density at radius 2 is 0.889 bits per heavy atom. The van der Waals surface area contributed by atoms with Gasteiger partial charge in [0, 0.05) is 38.6 Å². The molecule has 0 aliphatic heterocycles. The van der Waals surface area contributed by atoms with Crippen molar-refractivity contribution in [3.8, 4) is 0 Å². The van der Waals surface area contributed by atoms with Crippen molar-refractivity contribution in [3.05, 3.63) is 0 Å². The molecule has 0 aromatic rings. The second kappa shape index (κ2) is 15.4. The molecule has 0 aromatic carbocycles. The van der Waals surface area contributed by atoms with Gasteiger partial charge in [-0.2, -0.15) is 0 Å². The molecular weight excluding hydrogens is 400 g/mol. The summed E-state index contributed by atoms with van der Waals surface area (Å²) in [5.74, 6) is 0. The van der Waals surface area contributed by atoms with Crippen molar-refractivity contribution >= 4 is 26.6 Å². The first-order valence-electron chi connectivity index (χ1n) is 10.5. The summed E-state index contributed by atoms with van der Waals surface area (Å²) < 4.78 is 37.3. The van der Waals surface area contributed by atoms with Crippen molar-refractivity contribution < 1.29 is 26.6 Å². The highest BCUT2D eigenvalue weighted by Gasteiger charge is 2.59. The lowest BCUT2D eigenvalue weighted by molar-refractivity contribution is 0.0500. The summed E-state index contributed by atoms with van der Waals surface area (Å²) in [6, 6.07) is 0. The van der Waals surface area contributed by atoms with Crippen LogP contribution in [0.2, 0.25) is 0 Å². The van der Waals surface area contributed by atoms with Crippen LogP contribution < -0.4 is 0 Å². The fourth-order valence-electron chi connectivity index (χ4n) is 2.67. The third-order valence-electron chi connectivity index (χ3n) is 3.62. The zero-order valence-electron chi connectivity index (χ0n) is 18.7. The maximum Gasteiger partial charge on any atom is 0.574 e. The highest BCUT2D eigenvalue weighted by atomic mass is 32.5. The first-order chi connectivity index (χ1) is 12.9. The van der Waals surface area contributed by atoms with Gasteiger partial charge in [-0.05, 0) is 65.0 Å². The molecule has 0 aromatic heterocycles.